The highest BCUT2D eigenvalue weighted by atomic mass is 32.1. The van der Waals surface area contributed by atoms with Crippen molar-refractivity contribution in [2.24, 2.45) is 23.7 Å². The quantitative estimate of drug-likeness (QED) is 0.170. The number of fused-ring (bicyclic) bond motifs is 9. The van der Waals surface area contributed by atoms with E-state index in [2.05, 4.69) is 146 Å². The molecule has 1 spiro atoms. The molecular formula is C52H38S2. The van der Waals surface area contributed by atoms with Crippen LogP contribution in [0, 0.1) is 23.7 Å². The van der Waals surface area contributed by atoms with Crippen molar-refractivity contribution in [3.05, 3.63) is 157 Å². The van der Waals surface area contributed by atoms with Gasteiger partial charge in [-0.25, -0.2) is 0 Å². The molecule has 0 saturated heterocycles. The second kappa shape index (κ2) is 11.0. The van der Waals surface area contributed by atoms with E-state index in [0.29, 0.717) is 0 Å². The average molecular weight is 727 g/mol. The van der Waals surface area contributed by atoms with E-state index >= 15 is 0 Å². The zero-order valence-corrected chi connectivity index (χ0v) is 31.7. The van der Waals surface area contributed by atoms with Crippen LogP contribution in [0.5, 0.6) is 0 Å². The van der Waals surface area contributed by atoms with Gasteiger partial charge in [0.15, 0.2) is 0 Å². The number of thiophene rings is 2. The van der Waals surface area contributed by atoms with Crippen molar-refractivity contribution in [3.63, 3.8) is 0 Å². The SMILES string of the molecule is c1cc(-c2ccc(-c3ccc4c(c3)sc3ccccc34)cc2)c2c(c1)-c1cc(-c3cccc4c3sc3ccccc34)ccc1C21C2CC3CC(C2)CC1C3. The summed E-state index contributed by atoms with van der Waals surface area (Å²) in [6.45, 7) is 0. The summed E-state index contributed by atoms with van der Waals surface area (Å²) in [6.07, 6.45) is 7.03. The molecule has 258 valence electrons. The maximum Gasteiger partial charge on any atom is 0.0433 e. The Kier molecular flexibility index (Phi) is 6.19. The van der Waals surface area contributed by atoms with Gasteiger partial charge in [0.1, 0.15) is 0 Å². The minimum absolute atomic E-state index is 0.0989. The van der Waals surface area contributed by atoms with Gasteiger partial charge in [0.2, 0.25) is 0 Å². The molecule has 5 aliphatic rings. The van der Waals surface area contributed by atoms with Crippen LogP contribution in [-0.4, -0.2) is 0 Å². The Morgan fingerprint density at radius 1 is 0.389 bits per heavy atom. The fraction of sp³-hybridized carbons (Fsp3) is 0.192. The average Bonchev–Trinajstić information content (AvgIpc) is 3.88. The van der Waals surface area contributed by atoms with E-state index < -0.39 is 0 Å². The maximum atomic E-state index is 2.59. The second-order valence-corrected chi connectivity index (χ2v) is 19.0. The number of benzene rings is 7. The summed E-state index contributed by atoms with van der Waals surface area (Å²) in [4.78, 5) is 0. The molecule has 0 aliphatic heterocycles. The number of hydrogen-bond donors (Lipinski definition) is 0. The van der Waals surface area contributed by atoms with Crippen LogP contribution in [-0.2, 0) is 5.41 Å². The van der Waals surface area contributed by atoms with Crippen LogP contribution in [0.1, 0.15) is 43.2 Å². The van der Waals surface area contributed by atoms with Crippen LogP contribution >= 0.6 is 22.7 Å². The van der Waals surface area contributed by atoms with Crippen molar-refractivity contribution in [1.29, 1.82) is 0 Å². The Labute approximate surface area is 323 Å². The van der Waals surface area contributed by atoms with Crippen molar-refractivity contribution in [2.45, 2.75) is 37.5 Å². The molecule has 0 unspecified atom stereocenters. The Balaban J connectivity index is 0.973. The van der Waals surface area contributed by atoms with Crippen molar-refractivity contribution in [3.8, 4) is 44.5 Å². The van der Waals surface area contributed by atoms with Gasteiger partial charge in [-0.2, -0.15) is 0 Å². The Hall–Kier alpha value is -5.02. The van der Waals surface area contributed by atoms with Crippen LogP contribution in [0.15, 0.2) is 146 Å². The first-order chi connectivity index (χ1) is 26.7. The predicted octanol–water partition coefficient (Wildman–Crippen LogP) is 15.1. The van der Waals surface area contributed by atoms with Crippen molar-refractivity contribution >= 4 is 63.0 Å². The van der Waals surface area contributed by atoms with Gasteiger partial charge in [0.05, 0.1) is 0 Å². The van der Waals surface area contributed by atoms with Gasteiger partial charge in [-0.15, -0.1) is 22.7 Å². The fourth-order valence-electron chi connectivity index (χ4n) is 12.4. The first kappa shape index (κ1) is 30.3. The summed E-state index contributed by atoms with van der Waals surface area (Å²) in [5, 5.41) is 5.47. The molecule has 4 fully saturated rings. The molecule has 5 aliphatic carbocycles. The molecule has 0 amide bonds. The normalized spacial score (nSPS) is 23.6. The Bertz CT molecular complexity index is 2980. The second-order valence-electron chi connectivity index (χ2n) is 16.8. The van der Waals surface area contributed by atoms with Gasteiger partial charge in [-0.3, -0.25) is 0 Å². The Morgan fingerprint density at radius 3 is 1.78 bits per heavy atom. The largest absolute Gasteiger partial charge is 0.135 e. The zero-order chi connectivity index (χ0) is 35.1. The summed E-state index contributed by atoms with van der Waals surface area (Å²) in [6, 6.07) is 56.2. The zero-order valence-electron chi connectivity index (χ0n) is 30.0. The van der Waals surface area contributed by atoms with Crippen LogP contribution < -0.4 is 0 Å². The predicted molar refractivity (Wildman–Crippen MR) is 232 cm³/mol. The summed E-state index contributed by atoms with van der Waals surface area (Å²) in [7, 11) is 0. The molecule has 7 aromatic carbocycles. The monoisotopic (exact) mass is 726 g/mol. The summed E-state index contributed by atoms with van der Waals surface area (Å²) < 4.78 is 5.50. The lowest BCUT2D eigenvalue weighted by Gasteiger charge is -2.61. The molecule has 2 aromatic heterocycles. The smallest absolute Gasteiger partial charge is 0.0433 e. The van der Waals surface area contributed by atoms with Crippen LogP contribution in [0.2, 0.25) is 0 Å². The lowest BCUT2D eigenvalue weighted by atomic mass is 9.42. The molecule has 0 radical (unpaired) electrons. The van der Waals surface area contributed by atoms with Crippen LogP contribution in [0.25, 0.3) is 84.9 Å². The minimum atomic E-state index is 0.0989. The highest BCUT2D eigenvalue weighted by Gasteiger charge is 2.62. The standard InChI is InChI=1S/C52H38S2/c1-3-13-47-40(7-1)42-21-19-34(29-49(42)53-47)32-15-17-33(18-16-32)38-9-5-11-43-45-28-35(39-10-6-12-44-41-8-2-4-14-48(41)54-51(39)44)20-22-46(45)52(50(38)43)36-24-30-23-31(26-36)27-37(52)25-30/h1-22,28-31,36-37H,23-27H2. The number of hydrogen-bond acceptors (Lipinski definition) is 2. The van der Waals surface area contributed by atoms with Crippen LogP contribution in [0.3, 0.4) is 0 Å². The molecule has 2 heterocycles. The fourth-order valence-corrected chi connectivity index (χ4v) is 14.8. The third-order valence-electron chi connectivity index (χ3n) is 14.3. The highest BCUT2D eigenvalue weighted by Crippen LogP contribution is 2.70. The van der Waals surface area contributed by atoms with Crippen molar-refractivity contribution < 1.29 is 0 Å². The molecule has 4 bridgehead atoms. The van der Waals surface area contributed by atoms with Crippen LogP contribution in [0.4, 0.5) is 0 Å². The summed E-state index contributed by atoms with van der Waals surface area (Å²) in [5.41, 5.74) is 14.5. The van der Waals surface area contributed by atoms with E-state index in [9.17, 15) is 0 Å². The van der Waals surface area contributed by atoms with E-state index in [4.69, 9.17) is 0 Å². The molecular weight excluding hydrogens is 689 g/mol. The molecule has 9 aromatic rings. The topological polar surface area (TPSA) is 0 Å². The minimum Gasteiger partial charge on any atom is -0.135 e. The van der Waals surface area contributed by atoms with Gasteiger partial charge in [0.25, 0.3) is 0 Å². The molecule has 0 N–H and O–H groups in total. The van der Waals surface area contributed by atoms with Gasteiger partial charge in [-0.05, 0) is 136 Å². The molecule has 0 atom stereocenters. The maximum absolute atomic E-state index is 2.59. The van der Waals surface area contributed by atoms with Crippen molar-refractivity contribution in [2.75, 3.05) is 0 Å². The first-order valence-electron chi connectivity index (χ1n) is 19.9. The van der Waals surface area contributed by atoms with E-state index in [1.165, 1.54) is 117 Å². The van der Waals surface area contributed by atoms with E-state index in [0.717, 1.165) is 23.7 Å². The van der Waals surface area contributed by atoms with Crippen molar-refractivity contribution in [1.82, 2.24) is 0 Å². The van der Waals surface area contributed by atoms with E-state index in [1.807, 2.05) is 22.7 Å². The first-order valence-corrected chi connectivity index (χ1v) is 21.5. The molecule has 14 rings (SSSR count). The van der Waals surface area contributed by atoms with Gasteiger partial charge >= 0.3 is 0 Å². The third kappa shape index (κ3) is 4.03. The van der Waals surface area contributed by atoms with E-state index in [-0.39, 0.29) is 5.41 Å². The summed E-state index contributed by atoms with van der Waals surface area (Å²) in [5.74, 6) is 3.28. The third-order valence-corrected chi connectivity index (χ3v) is 16.6. The van der Waals surface area contributed by atoms with Gasteiger partial charge < -0.3 is 0 Å². The van der Waals surface area contributed by atoms with Gasteiger partial charge in [-0.1, -0.05) is 121 Å². The lowest BCUT2D eigenvalue weighted by Crippen LogP contribution is -2.55. The van der Waals surface area contributed by atoms with Gasteiger partial charge in [0, 0.05) is 45.8 Å². The lowest BCUT2D eigenvalue weighted by molar-refractivity contribution is -0.0397. The summed E-state index contributed by atoms with van der Waals surface area (Å²) >= 11 is 3.85. The molecule has 4 saturated carbocycles. The molecule has 2 heteroatoms. The molecule has 0 nitrogen and oxygen atoms in total. The number of rotatable bonds is 3. The Morgan fingerprint density at radius 2 is 0.981 bits per heavy atom. The molecule has 54 heavy (non-hydrogen) atoms. The van der Waals surface area contributed by atoms with E-state index in [1.54, 1.807) is 11.1 Å². The highest BCUT2D eigenvalue weighted by molar-refractivity contribution is 7.26.